The van der Waals surface area contributed by atoms with E-state index in [0.717, 1.165) is 6.54 Å². The van der Waals surface area contributed by atoms with Crippen LogP contribution in [0.1, 0.15) is 69.4 Å². The van der Waals surface area contributed by atoms with Crippen LogP contribution in [0.15, 0.2) is 41.8 Å². The van der Waals surface area contributed by atoms with Crippen molar-refractivity contribution in [3.63, 3.8) is 0 Å². The fourth-order valence-electron chi connectivity index (χ4n) is 9.07. The molecular weight excluding hydrogens is 406 g/mol. The molecule has 0 unspecified atom stereocenters. The number of aromatic nitrogens is 1. The predicted molar refractivity (Wildman–Crippen MR) is 131 cm³/mol. The van der Waals surface area contributed by atoms with Gasteiger partial charge in [-0.25, -0.2) is 0 Å². The van der Waals surface area contributed by atoms with Crippen LogP contribution < -0.4 is 0 Å². The second-order valence-electron chi connectivity index (χ2n) is 12.4. The maximum atomic E-state index is 7.44. The first-order valence-corrected chi connectivity index (χ1v) is 13.4. The number of allylic oxidation sites excluding steroid dienone is 1. The monoisotopic (exact) mass is 445 g/mol. The van der Waals surface area contributed by atoms with Crippen molar-refractivity contribution >= 4 is 0 Å². The number of fused-ring (bicyclic) bond motifs is 2. The third-order valence-electron chi connectivity index (χ3n) is 10.8. The Balaban J connectivity index is 1.22. The average molecular weight is 446 g/mol. The molecule has 1 saturated heterocycles. The average Bonchev–Trinajstić information content (AvgIpc) is 3.33. The Hall–Kier alpha value is -1.49. The standard InChI is InChI=1S/C29H39N3O/c1-27-11-8-23-16-22-4-5-24(31(2)3)17-28(22)12-13-29(23,33-28)25(27)6-7-26(27)32-15-10-20-9-14-30-18-21(20)19-32/h8-9,14,16,18,24-26H,4-7,10-13,15,17,19H2,1-3H3/t24-,25-,26+,27+,28-,29-/m1/s1. The molecule has 3 fully saturated rings. The van der Waals surface area contributed by atoms with Crippen molar-refractivity contribution in [2.24, 2.45) is 11.3 Å². The third-order valence-corrected chi connectivity index (χ3v) is 10.8. The molecule has 0 amide bonds. The Labute approximate surface area is 199 Å². The molecule has 4 heterocycles. The number of pyridine rings is 1. The molecule has 0 aromatic carbocycles. The summed E-state index contributed by atoms with van der Waals surface area (Å²) in [5.41, 5.74) is 6.38. The van der Waals surface area contributed by atoms with Gasteiger partial charge in [-0.15, -0.1) is 0 Å². The molecule has 4 heteroatoms. The van der Waals surface area contributed by atoms with Crippen LogP contribution in [0, 0.1) is 11.3 Å². The number of hydrogen-bond donors (Lipinski definition) is 0. The van der Waals surface area contributed by atoms with Crippen molar-refractivity contribution in [2.75, 3.05) is 20.6 Å². The van der Waals surface area contributed by atoms with Gasteiger partial charge in [0.25, 0.3) is 0 Å². The van der Waals surface area contributed by atoms with Crippen molar-refractivity contribution in [1.82, 2.24) is 14.8 Å². The van der Waals surface area contributed by atoms with Crippen molar-refractivity contribution in [1.29, 1.82) is 0 Å². The van der Waals surface area contributed by atoms with E-state index in [1.807, 2.05) is 6.20 Å². The summed E-state index contributed by atoms with van der Waals surface area (Å²) in [5, 5.41) is 0. The summed E-state index contributed by atoms with van der Waals surface area (Å²) in [5.74, 6) is 0.641. The maximum absolute atomic E-state index is 7.44. The molecule has 6 aliphatic rings. The molecule has 176 valence electrons. The molecule has 3 aliphatic carbocycles. The highest BCUT2D eigenvalue weighted by Gasteiger charge is 2.67. The molecule has 1 aromatic rings. The van der Waals surface area contributed by atoms with E-state index in [4.69, 9.17) is 4.74 Å². The first kappa shape index (κ1) is 20.8. The van der Waals surface area contributed by atoms with Crippen LogP contribution in [0.2, 0.25) is 0 Å². The fourth-order valence-corrected chi connectivity index (χ4v) is 9.07. The summed E-state index contributed by atoms with van der Waals surface area (Å²) in [6.45, 7) is 4.86. The van der Waals surface area contributed by atoms with E-state index >= 15 is 0 Å². The van der Waals surface area contributed by atoms with Gasteiger partial charge in [0.05, 0.1) is 11.2 Å². The van der Waals surface area contributed by atoms with Gasteiger partial charge in [0.1, 0.15) is 0 Å². The summed E-state index contributed by atoms with van der Waals surface area (Å²) in [6.07, 6.45) is 20.4. The van der Waals surface area contributed by atoms with Crippen molar-refractivity contribution in [3.05, 3.63) is 52.9 Å². The highest BCUT2D eigenvalue weighted by atomic mass is 16.5. The van der Waals surface area contributed by atoms with Crippen LogP contribution in [0.4, 0.5) is 0 Å². The van der Waals surface area contributed by atoms with Gasteiger partial charge in [0.2, 0.25) is 0 Å². The van der Waals surface area contributed by atoms with Crippen LogP contribution in [0.3, 0.4) is 0 Å². The van der Waals surface area contributed by atoms with Crippen LogP contribution in [-0.4, -0.2) is 58.7 Å². The third kappa shape index (κ3) is 2.78. The predicted octanol–water partition coefficient (Wildman–Crippen LogP) is 4.90. The van der Waals surface area contributed by atoms with Gasteiger partial charge in [-0.1, -0.05) is 19.1 Å². The van der Waals surface area contributed by atoms with Gasteiger partial charge in [-0.3, -0.25) is 9.88 Å². The Morgan fingerprint density at radius 1 is 1.12 bits per heavy atom. The zero-order valence-electron chi connectivity index (χ0n) is 20.6. The van der Waals surface area contributed by atoms with Gasteiger partial charge < -0.3 is 9.64 Å². The Kier molecular flexibility index (Phi) is 4.44. The zero-order valence-corrected chi connectivity index (χ0v) is 20.6. The van der Waals surface area contributed by atoms with Gasteiger partial charge >= 0.3 is 0 Å². The minimum absolute atomic E-state index is 0.0105. The first-order valence-electron chi connectivity index (χ1n) is 13.4. The summed E-state index contributed by atoms with van der Waals surface area (Å²) in [4.78, 5) is 9.67. The van der Waals surface area contributed by atoms with Gasteiger partial charge in [-0.05, 0) is 112 Å². The fraction of sp³-hybridized carbons (Fsp3) is 0.690. The van der Waals surface area contributed by atoms with E-state index in [1.165, 1.54) is 75.5 Å². The van der Waals surface area contributed by atoms with E-state index in [9.17, 15) is 0 Å². The van der Waals surface area contributed by atoms with Gasteiger partial charge in [-0.2, -0.15) is 0 Å². The molecule has 2 bridgehead atoms. The SMILES string of the molecule is CN(C)[C@@H]1CCC2=CC3=CC[C@]4(C)[C@@H](N5CCc6ccncc6C5)CC[C@H]4[C@@]34CC[C@]2(C1)O4. The molecule has 2 saturated carbocycles. The zero-order chi connectivity index (χ0) is 22.4. The Morgan fingerprint density at radius 2 is 2.03 bits per heavy atom. The number of ether oxygens (including phenoxy) is 1. The van der Waals surface area contributed by atoms with E-state index < -0.39 is 0 Å². The molecule has 0 N–H and O–H groups in total. The van der Waals surface area contributed by atoms with E-state index in [-0.39, 0.29) is 11.2 Å². The molecule has 6 atom stereocenters. The Bertz CT molecular complexity index is 1050. The molecule has 1 aromatic heterocycles. The highest BCUT2D eigenvalue weighted by Crippen LogP contribution is 2.67. The minimum Gasteiger partial charge on any atom is -0.359 e. The summed E-state index contributed by atoms with van der Waals surface area (Å²) in [7, 11) is 4.50. The molecule has 3 aliphatic heterocycles. The lowest BCUT2D eigenvalue weighted by atomic mass is 9.59. The number of rotatable bonds is 2. The molecule has 33 heavy (non-hydrogen) atoms. The van der Waals surface area contributed by atoms with Crippen LogP contribution in [0.25, 0.3) is 0 Å². The summed E-state index contributed by atoms with van der Waals surface area (Å²) in [6, 6.07) is 3.52. The largest absolute Gasteiger partial charge is 0.359 e. The summed E-state index contributed by atoms with van der Waals surface area (Å²) < 4.78 is 7.44. The van der Waals surface area contributed by atoms with Crippen LogP contribution >= 0.6 is 0 Å². The minimum atomic E-state index is -0.0330. The lowest BCUT2D eigenvalue weighted by molar-refractivity contribution is -0.144. The van der Waals surface area contributed by atoms with Crippen molar-refractivity contribution < 1.29 is 4.74 Å². The maximum Gasteiger partial charge on any atom is 0.0975 e. The Morgan fingerprint density at radius 3 is 2.91 bits per heavy atom. The first-order chi connectivity index (χ1) is 15.9. The smallest absolute Gasteiger partial charge is 0.0975 e. The van der Waals surface area contributed by atoms with Crippen molar-refractivity contribution in [2.45, 2.75) is 94.5 Å². The van der Waals surface area contributed by atoms with Crippen molar-refractivity contribution in [3.8, 4) is 0 Å². The molecular formula is C29H39N3O. The van der Waals surface area contributed by atoms with Gasteiger partial charge in [0, 0.05) is 37.6 Å². The quantitative estimate of drug-likeness (QED) is 0.648. The lowest BCUT2D eigenvalue weighted by Gasteiger charge is -2.55. The molecule has 2 spiro atoms. The molecule has 7 rings (SSSR count). The topological polar surface area (TPSA) is 28.6 Å². The van der Waals surface area contributed by atoms with Crippen LogP contribution in [-0.2, 0) is 17.7 Å². The molecule has 4 nitrogen and oxygen atoms in total. The highest BCUT2D eigenvalue weighted by molar-refractivity contribution is 5.47. The van der Waals surface area contributed by atoms with E-state index in [1.54, 1.807) is 11.1 Å². The lowest BCUT2D eigenvalue weighted by Crippen LogP contribution is -2.57. The molecule has 0 radical (unpaired) electrons. The van der Waals surface area contributed by atoms with Crippen LogP contribution in [0.5, 0.6) is 0 Å². The number of nitrogens with zero attached hydrogens (tertiary/aromatic N) is 3. The summed E-state index contributed by atoms with van der Waals surface area (Å²) >= 11 is 0. The van der Waals surface area contributed by atoms with Gasteiger partial charge in [0.15, 0.2) is 0 Å². The number of hydrogen-bond acceptors (Lipinski definition) is 4. The van der Waals surface area contributed by atoms with E-state index in [2.05, 4.69) is 60.2 Å². The van der Waals surface area contributed by atoms with E-state index in [0.29, 0.717) is 23.4 Å². The normalized spacial score (nSPS) is 43.9. The second-order valence-corrected chi connectivity index (χ2v) is 12.4. The second kappa shape index (κ2) is 7.02.